The van der Waals surface area contributed by atoms with Crippen LogP contribution in [0.1, 0.15) is 25.3 Å². The lowest BCUT2D eigenvalue weighted by Gasteiger charge is -2.14. The van der Waals surface area contributed by atoms with Crippen molar-refractivity contribution >= 4 is 17.5 Å². The first kappa shape index (κ1) is 17.1. The Balaban J connectivity index is 2.70. The highest BCUT2D eigenvalue weighted by Crippen LogP contribution is 2.36. The van der Waals surface area contributed by atoms with Gasteiger partial charge in [-0.25, -0.2) is 0 Å². The highest BCUT2D eigenvalue weighted by Gasteiger charge is 2.12. The van der Waals surface area contributed by atoms with Gasteiger partial charge >= 0.3 is 0 Å². The summed E-state index contributed by atoms with van der Waals surface area (Å²) in [6.45, 7) is 3.02. The molecule has 0 aliphatic rings. The number of nitrogens with one attached hydrogen (secondary N) is 1. The summed E-state index contributed by atoms with van der Waals surface area (Å²) in [4.78, 5) is 11.2. The van der Waals surface area contributed by atoms with Crippen molar-refractivity contribution < 1.29 is 14.3 Å². The van der Waals surface area contributed by atoms with Gasteiger partial charge in [-0.3, -0.25) is 4.79 Å². The van der Waals surface area contributed by atoms with Crippen molar-refractivity contribution in [2.45, 2.75) is 26.2 Å². The summed E-state index contributed by atoms with van der Waals surface area (Å²) in [6.07, 6.45) is 1.35. The van der Waals surface area contributed by atoms with Crippen molar-refractivity contribution in [1.29, 1.82) is 5.26 Å². The summed E-state index contributed by atoms with van der Waals surface area (Å²) in [5.74, 6) is 0.839. The minimum atomic E-state index is -0.279. The Kier molecular flexibility index (Phi) is 7.41. The van der Waals surface area contributed by atoms with E-state index in [1.807, 2.05) is 13.0 Å². The Bertz CT molecular complexity index is 526. The van der Waals surface area contributed by atoms with Gasteiger partial charge in [-0.2, -0.15) is 5.26 Å². The van der Waals surface area contributed by atoms with Crippen LogP contribution in [-0.2, 0) is 11.2 Å². The summed E-state index contributed by atoms with van der Waals surface area (Å²) in [5, 5.41) is 11.5. The first-order chi connectivity index (χ1) is 10.1. The van der Waals surface area contributed by atoms with Gasteiger partial charge in [0.2, 0.25) is 5.91 Å². The second kappa shape index (κ2) is 9.09. The standard InChI is InChI=1S/C15H19ClN2O3/c1-3-8-21-15-12(16)9-11(10-13(15)20-2)5-7-18-14(19)4-6-17/h9-10H,3-5,7-8H2,1-2H3,(H,18,19). The van der Waals surface area contributed by atoms with Crippen LogP contribution in [0.15, 0.2) is 12.1 Å². The van der Waals surface area contributed by atoms with Crippen molar-refractivity contribution in [1.82, 2.24) is 5.32 Å². The van der Waals surface area contributed by atoms with Gasteiger partial charge in [0.1, 0.15) is 6.42 Å². The van der Waals surface area contributed by atoms with Crippen LogP contribution < -0.4 is 14.8 Å². The summed E-state index contributed by atoms with van der Waals surface area (Å²) in [6, 6.07) is 5.44. The molecule has 1 aromatic carbocycles. The average Bonchev–Trinajstić information content (AvgIpc) is 2.46. The molecule has 0 unspecified atom stereocenters. The van der Waals surface area contributed by atoms with Gasteiger partial charge in [0.15, 0.2) is 11.5 Å². The first-order valence-electron chi connectivity index (χ1n) is 6.75. The number of nitriles is 1. The molecule has 114 valence electrons. The van der Waals surface area contributed by atoms with Crippen molar-refractivity contribution in [2.24, 2.45) is 0 Å². The summed E-state index contributed by atoms with van der Waals surface area (Å²) >= 11 is 6.20. The van der Waals surface area contributed by atoms with Crippen LogP contribution in [-0.4, -0.2) is 26.2 Å². The zero-order chi connectivity index (χ0) is 15.7. The third-order valence-electron chi connectivity index (χ3n) is 2.72. The number of ether oxygens (including phenoxy) is 2. The maximum absolute atomic E-state index is 11.2. The van der Waals surface area contributed by atoms with Crippen molar-refractivity contribution in [3.63, 3.8) is 0 Å². The molecule has 0 fully saturated rings. The van der Waals surface area contributed by atoms with Crippen LogP contribution in [0.2, 0.25) is 5.02 Å². The fraction of sp³-hybridized carbons (Fsp3) is 0.467. The molecule has 1 aromatic rings. The molecule has 1 amide bonds. The number of rotatable bonds is 8. The van der Waals surface area contributed by atoms with E-state index in [0.717, 1.165) is 12.0 Å². The number of methoxy groups -OCH3 is 1. The van der Waals surface area contributed by atoms with Crippen molar-refractivity contribution in [3.05, 3.63) is 22.7 Å². The van der Waals surface area contributed by atoms with Crippen molar-refractivity contribution in [3.8, 4) is 17.6 Å². The second-order valence-electron chi connectivity index (χ2n) is 4.39. The summed E-state index contributed by atoms with van der Waals surface area (Å²) in [7, 11) is 1.56. The smallest absolute Gasteiger partial charge is 0.234 e. The Morgan fingerprint density at radius 1 is 1.48 bits per heavy atom. The number of hydrogen-bond acceptors (Lipinski definition) is 4. The molecule has 0 aliphatic carbocycles. The van der Waals surface area contributed by atoms with E-state index >= 15 is 0 Å². The molecule has 0 radical (unpaired) electrons. The van der Waals surface area contributed by atoms with E-state index in [-0.39, 0.29) is 12.3 Å². The molecule has 0 bridgehead atoms. The van der Waals surface area contributed by atoms with E-state index in [4.69, 9.17) is 26.3 Å². The zero-order valence-electron chi connectivity index (χ0n) is 12.2. The van der Waals surface area contributed by atoms with Gasteiger partial charge in [-0.1, -0.05) is 18.5 Å². The molecule has 0 spiro atoms. The molecule has 0 aliphatic heterocycles. The number of benzene rings is 1. The quantitative estimate of drug-likeness (QED) is 0.801. The molecule has 1 N–H and O–H groups in total. The van der Waals surface area contributed by atoms with Crippen LogP contribution in [0, 0.1) is 11.3 Å². The molecule has 0 aromatic heterocycles. The minimum Gasteiger partial charge on any atom is -0.493 e. The Labute approximate surface area is 129 Å². The number of halogens is 1. The molecule has 21 heavy (non-hydrogen) atoms. The van der Waals surface area contributed by atoms with Gasteiger partial charge in [0, 0.05) is 6.54 Å². The molecular weight excluding hydrogens is 292 g/mol. The van der Waals surface area contributed by atoms with Crippen LogP contribution in [0.25, 0.3) is 0 Å². The lowest BCUT2D eigenvalue weighted by molar-refractivity contribution is -0.120. The predicted octanol–water partition coefficient (Wildman–Crippen LogP) is 2.71. The van der Waals surface area contributed by atoms with Gasteiger partial charge in [0.05, 0.1) is 24.8 Å². The predicted molar refractivity (Wildman–Crippen MR) is 80.7 cm³/mol. The Morgan fingerprint density at radius 3 is 2.86 bits per heavy atom. The average molecular weight is 311 g/mol. The molecule has 5 nitrogen and oxygen atoms in total. The van der Waals surface area contributed by atoms with Gasteiger partial charge in [-0.15, -0.1) is 0 Å². The fourth-order valence-corrected chi connectivity index (χ4v) is 2.03. The van der Waals surface area contributed by atoms with E-state index in [1.54, 1.807) is 19.2 Å². The number of nitrogens with zero attached hydrogens (tertiary/aromatic N) is 1. The van der Waals surface area contributed by atoms with E-state index in [0.29, 0.717) is 36.1 Å². The zero-order valence-corrected chi connectivity index (χ0v) is 13.0. The Morgan fingerprint density at radius 2 is 2.24 bits per heavy atom. The van der Waals surface area contributed by atoms with Crippen molar-refractivity contribution in [2.75, 3.05) is 20.3 Å². The first-order valence-corrected chi connectivity index (χ1v) is 7.13. The lowest BCUT2D eigenvalue weighted by Crippen LogP contribution is -2.24. The SMILES string of the molecule is CCCOc1c(Cl)cc(CCNC(=O)CC#N)cc1OC. The van der Waals surface area contributed by atoms with Crippen LogP contribution in [0.5, 0.6) is 11.5 Å². The molecule has 6 heteroatoms. The number of hydrogen-bond donors (Lipinski definition) is 1. The third-order valence-corrected chi connectivity index (χ3v) is 3.00. The van der Waals surface area contributed by atoms with E-state index in [1.165, 1.54) is 0 Å². The monoisotopic (exact) mass is 310 g/mol. The van der Waals surface area contributed by atoms with E-state index in [9.17, 15) is 4.79 Å². The highest BCUT2D eigenvalue weighted by molar-refractivity contribution is 6.32. The van der Waals surface area contributed by atoms with Gasteiger partial charge in [-0.05, 0) is 30.5 Å². The third kappa shape index (κ3) is 5.52. The maximum atomic E-state index is 11.2. The topological polar surface area (TPSA) is 71.3 Å². The maximum Gasteiger partial charge on any atom is 0.234 e. The normalized spacial score (nSPS) is 9.81. The largest absolute Gasteiger partial charge is 0.493 e. The lowest BCUT2D eigenvalue weighted by atomic mass is 10.1. The molecule has 0 atom stereocenters. The minimum absolute atomic E-state index is 0.131. The molecule has 0 saturated carbocycles. The molecule has 1 rings (SSSR count). The second-order valence-corrected chi connectivity index (χ2v) is 4.80. The molecule has 0 heterocycles. The number of amides is 1. The van der Waals surface area contributed by atoms with E-state index < -0.39 is 0 Å². The summed E-state index contributed by atoms with van der Waals surface area (Å²) < 4.78 is 10.9. The van der Waals surface area contributed by atoms with Gasteiger partial charge in [0.25, 0.3) is 0 Å². The van der Waals surface area contributed by atoms with Crippen LogP contribution in [0.4, 0.5) is 0 Å². The van der Waals surface area contributed by atoms with E-state index in [2.05, 4.69) is 5.32 Å². The fourth-order valence-electron chi connectivity index (χ4n) is 1.74. The molecular formula is C15H19ClN2O3. The Hall–Kier alpha value is -1.93. The van der Waals surface area contributed by atoms with Gasteiger partial charge < -0.3 is 14.8 Å². The summed E-state index contributed by atoms with van der Waals surface area (Å²) in [5.41, 5.74) is 0.929. The molecule has 0 saturated heterocycles. The number of carbonyl (C=O) groups excluding carboxylic acids is 1. The van der Waals surface area contributed by atoms with Crippen LogP contribution >= 0.6 is 11.6 Å². The van der Waals surface area contributed by atoms with Crippen LogP contribution in [0.3, 0.4) is 0 Å². The number of carbonyl (C=O) groups is 1. The highest BCUT2D eigenvalue weighted by atomic mass is 35.5.